The summed E-state index contributed by atoms with van der Waals surface area (Å²) < 4.78 is 50.7. The van der Waals surface area contributed by atoms with Crippen LogP contribution in [0, 0.1) is 34.6 Å². The highest BCUT2D eigenvalue weighted by atomic mass is 35.5. The number of ether oxygens (including phenoxy) is 1. The molecule has 3 aliphatic rings. The first-order chi connectivity index (χ1) is 15.5. The summed E-state index contributed by atoms with van der Waals surface area (Å²) in [6.45, 7) is 0.929. The van der Waals surface area contributed by atoms with E-state index >= 15 is 4.39 Å². The largest absolute Gasteiger partial charge is 0.490 e. The number of rotatable bonds is 4. The molecule has 172 valence electrons. The van der Waals surface area contributed by atoms with Gasteiger partial charge in [0.15, 0.2) is 11.6 Å². The third-order valence-corrected chi connectivity index (χ3v) is 9.50. The standard InChI is InChI=1S/C24H25ClF2NO2S2/c25-16-3-5-17(6-4-16)31-13-15-2-1-14(11-28-32(29)18-7-8-18)19-12-30-24-21(27)10-9-20(26)23(24)22(15)19/h3-6,9-10,14-15,18-19,22,28,31H,1-2,7-8,11-12H2/q-1/t14-,15?,19?,22?,32?/m0/s1. The lowest BCUT2D eigenvalue weighted by Gasteiger charge is -2.46. The Bertz CT molecular complexity index is 1100. The highest BCUT2D eigenvalue weighted by Crippen LogP contribution is 2.51. The fourth-order valence-corrected chi connectivity index (χ4v) is 7.09. The molecule has 0 spiro atoms. The van der Waals surface area contributed by atoms with Crippen LogP contribution in [-0.4, -0.2) is 22.6 Å². The van der Waals surface area contributed by atoms with Gasteiger partial charge in [0.05, 0.1) is 17.6 Å². The maximum absolute atomic E-state index is 15.0. The van der Waals surface area contributed by atoms with Gasteiger partial charge in [-0.05, 0) is 61.8 Å². The molecule has 0 radical (unpaired) electrons. The van der Waals surface area contributed by atoms with E-state index < -0.39 is 22.6 Å². The van der Waals surface area contributed by atoms with Crippen molar-refractivity contribution < 1.29 is 17.7 Å². The molecule has 2 saturated carbocycles. The van der Waals surface area contributed by atoms with Crippen molar-refractivity contribution in [2.75, 3.05) is 13.2 Å². The number of hydrogen-bond acceptors (Lipinski definition) is 3. The molecule has 5 rings (SSSR count). The third-order valence-electron chi connectivity index (χ3n) is 6.70. The van der Waals surface area contributed by atoms with Crippen molar-refractivity contribution in [2.45, 2.75) is 41.7 Å². The molecule has 1 heterocycles. The van der Waals surface area contributed by atoms with Crippen molar-refractivity contribution in [2.24, 2.45) is 17.8 Å². The van der Waals surface area contributed by atoms with E-state index in [-0.39, 0.29) is 34.7 Å². The first-order valence-corrected chi connectivity index (χ1v) is 13.5. The molecule has 2 aromatic carbocycles. The van der Waals surface area contributed by atoms with Crippen LogP contribution in [0.25, 0.3) is 0 Å². The second-order valence-electron chi connectivity index (χ2n) is 8.78. The second kappa shape index (κ2) is 9.47. The van der Waals surface area contributed by atoms with E-state index in [0.29, 0.717) is 23.7 Å². The molecule has 32 heavy (non-hydrogen) atoms. The molecule has 5 atom stereocenters. The summed E-state index contributed by atoms with van der Waals surface area (Å²) in [7, 11) is -1.02. The highest BCUT2D eigenvalue weighted by Gasteiger charge is 2.45. The minimum absolute atomic E-state index is 0.00849. The molecule has 0 bridgehead atoms. The van der Waals surface area contributed by atoms with Gasteiger partial charge in [0.2, 0.25) is 0 Å². The monoisotopic (exact) mass is 496 g/mol. The van der Waals surface area contributed by atoms with E-state index in [9.17, 15) is 8.60 Å². The topological polar surface area (TPSA) is 38.3 Å². The Morgan fingerprint density at radius 3 is 2.59 bits per heavy atom. The Kier molecular flexibility index (Phi) is 6.64. The first-order valence-electron chi connectivity index (χ1n) is 11.0. The van der Waals surface area contributed by atoms with Crippen LogP contribution in [0.15, 0.2) is 41.3 Å². The van der Waals surface area contributed by atoms with Crippen LogP contribution in [0.1, 0.15) is 37.2 Å². The fraction of sp³-hybridized carbons (Fsp3) is 0.458. The first kappa shape index (κ1) is 22.4. The van der Waals surface area contributed by atoms with Crippen LogP contribution in [-0.2, 0) is 22.2 Å². The van der Waals surface area contributed by atoms with Crippen LogP contribution < -0.4 is 9.46 Å². The summed E-state index contributed by atoms with van der Waals surface area (Å²) in [5.41, 5.74) is 0.332. The van der Waals surface area contributed by atoms with Gasteiger partial charge in [0.25, 0.3) is 0 Å². The van der Waals surface area contributed by atoms with Crippen molar-refractivity contribution in [1.29, 1.82) is 0 Å². The molecular formula is C24H25ClF2NO2S2-. The maximum Gasteiger partial charge on any atom is 0.165 e. The third kappa shape index (κ3) is 4.64. The number of hydrogen-bond donors (Lipinski definition) is 1. The van der Waals surface area contributed by atoms with E-state index in [2.05, 4.69) is 9.91 Å². The lowest BCUT2D eigenvalue weighted by molar-refractivity contribution is 0.0810. The van der Waals surface area contributed by atoms with Gasteiger partial charge >= 0.3 is 0 Å². The molecule has 2 aromatic rings. The molecule has 8 heteroatoms. The molecule has 2 fully saturated rings. The molecule has 0 amide bonds. The van der Waals surface area contributed by atoms with Crippen LogP contribution in [0.5, 0.6) is 5.75 Å². The van der Waals surface area contributed by atoms with Crippen molar-refractivity contribution in [3.63, 3.8) is 0 Å². The normalized spacial score (nSPS) is 27.6. The molecule has 2 aliphatic carbocycles. The van der Waals surface area contributed by atoms with E-state index in [1.807, 2.05) is 24.3 Å². The van der Waals surface area contributed by atoms with Gasteiger partial charge in [-0.15, -0.1) is 4.90 Å². The number of nitrogens with one attached hydrogen (secondary N) is 1. The van der Waals surface area contributed by atoms with E-state index in [1.165, 1.54) is 6.07 Å². The molecular weight excluding hydrogens is 472 g/mol. The van der Waals surface area contributed by atoms with Crippen molar-refractivity contribution in [1.82, 2.24) is 4.72 Å². The maximum atomic E-state index is 15.0. The van der Waals surface area contributed by atoms with Gasteiger partial charge in [-0.1, -0.05) is 23.7 Å². The van der Waals surface area contributed by atoms with Crippen LogP contribution >= 0.6 is 11.6 Å². The molecule has 0 aromatic heterocycles. The van der Waals surface area contributed by atoms with Gasteiger partial charge in [-0.3, -0.25) is 5.18 Å². The summed E-state index contributed by atoms with van der Waals surface area (Å²) in [5.74, 6) is -0.967. The minimum Gasteiger partial charge on any atom is -0.490 e. The quantitative estimate of drug-likeness (QED) is 0.478. The Morgan fingerprint density at radius 2 is 1.84 bits per heavy atom. The lowest BCUT2D eigenvalue weighted by Crippen LogP contribution is -2.44. The van der Waals surface area contributed by atoms with Gasteiger partial charge in [0, 0.05) is 34.2 Å². The second-order valence-corrected chi connectivity index (χ2v) is 11.8. The minimum atomic E-state index is -1.02. The zero-order valence-corrected chi connectivity index (χ0v) is 19.9. The average molecular weight is 497 g/mol. The summed E-state index contributed by atoms with van der Waals surface area (Å²) in [4.78, 5) is 1.06. The lowest BCUT2D eigenvalue weighted by atomic mass is 9.63. The van der Waals surface area contributed by atoms with Gasteiger partial charge in [-0.2, -0.15) is 0 Å². The molecule has 3 nitrogen and oxygen atoms in total. The molecule has 1 N–H and O–H groups in total. The highest BCUT2D eigenvalue weighted by molar-refractivity contribution is 7.84. The Morgan fingerprint density at radius 1 is 1.09 bits per heavy atom. The smallest absolute Gasteiger partial charge is 0.165 e. The van der Waals surface area contributed by atoms with E-state index in [0.717, 1.165) is 47.8 Å². The van der Waals surface area contributed by atoms with Crippen LogP contribution in [0.2, 0.25) is 5.02 Å². The van der Waals surface area contributed by atoms with Crippen molar-refractivity contribution >= 4 is 33.8 Å². The number of halogens is 3. The summed E-state index contributed by atoms with van der Waals surface area (Å²) >= 11 is 6.89. The number of benzene rings is 2. The number of fused-ring (bicyclic) bond motifs is 3. The predicted molar refractivity (Wildman–Crippen MR) is 126 cm³/mol. The van der Waals surface area contributed by atoms with Crippen LogP contribution in [0.3, 0.4) is 0 Å². The fourth-order valence-electron chi connectivity index (χ4n) is 4.88. The van der Waals surface area contributed by atoms with Crippen molar-refractivity contribution in [3.05, 3.63) is 58.6 Å². The van der Waals surface area contributed by atoms with Crippen molar-refractivity contribution in [3.8, 4) is 10.9 Å². The molecule has 1 aliphatic heterocycles. The summed E-state index contributed by atoms with van der Waals surface area (Å²) in [6, 6.07) is 9.91. The summed E-state index contributed by atoms with van der Waals surface area (Å²) in [5, 5.41) is 4.50. The zero-order chi connectivity index (χ0) is 22.2. The summed E-state index contributed by atoms with van der Waals surface area (Å²) in [6.07, 6.45) is 3.74. The molecule has 0 saturated heterocycles. The Labute approximate surface area is 198 Å². The number of thiol groups is 1. The van der Waals surface area contributed by atoms with Crippen LogP contribution in [0.4, 0.5) is 8.78 Å². The van der Waals surface area contributed by atoms with Gasteiger partial charge < -0.3 is 15.9 Å². The zero-order valence-electron chi connectivity index (χ0n) is 17.4. The SMILES string of the molecule is O=S(NC[C@@H]1CCC(C#[SH-]c2ccc(Cl)cc2)C2c3c(F)ccc(F)c3OCC21)C1CC1. The predicted octanol–water partition coefficient (Wildman–Crippen LogP) is 4.99. The Hall–Kier alpha value is -1.37. The average Bonchev–Trinajstić information content (AvgIpc) is 3.65. The van der Waals surface area contributed by atoms with Gasteiger partial charge in [-0.25, -0.2) is 17.7 Å². The van der Waals surface area contributed by atoms with E-state index in [4.69, 9.17) is 16.3 Å². The molecule has 4 unspecified atom stereocenters. The van der Waals surface area contributed by atoms with E-state index in [1.54, 1.807) is 0 Å². The Balaban J connectivity index is 1.45. The van der Waals surface area contributed by atoms with Gasteiger partial charge in [0.1, 0.15) is 5.82 Å².